The third-order valence-electron chi connectivity index (χ3n) is 6.79. The van der Waals surface area contributed by atoms with Gasteiger partial charge in [-0.25, -0.2) is 4.79 Å². The summed E-state index contributed by atoms with van der Waals surface area (Å²) in [5.41, 5.74) is 2.06. The number of hydrogen-bond donors (Lipinski definition) is 2. The average molecular weight is 632 g/mol. The summed E-state index contributed by atoms with van der Waals surface area (Å²) in [4.78, 5) is 54.3. The molecule has 2 aliphatic heterocycles. The Hall–Kier alpha value is -4.33. The van der Waals surface area contributed by atoms with E-state index in [0.717, 1.165) is 27.3 Å². The Bertz CT molecular complexity index is 1650. The number of rotatable bonds is 9. The quantitative estimate of drug-likeness (QED) is 0.207. The largest absolute Gasteiger partial charge is 0.448 e. The summed E-state index contributed by atoms with van der Waals surface area (Å²) in [5, 5.41) is 15.7. The number of thioether (sulfide) groups is 1. The van der Waals surface area contributed by atoms with Gasteiger partial charge in [0.15, 0.2) is 6.10 Å². The number of anilines is 1. The highest BCUT2D eigenvalue weighted by atomic mass is 32.2. The summed E-state index contributed by atoms with van der Waals surface area (Å²) in [6, 6.07) is 21.7. The minimum atomic E-state index is -0.787. The Balaban J connectivity index is 1.33. The van der Waals surface area contributed by atoms with Crippen LogP contribution in [-0.4, -0.2) is 56.0 Å². The van der Waals surface area contributed by atoms with Gasteiger partial charge in [0, 0.05) is 23.1 Å². The van der Waals surface area contributed by atoms with Gasteiger partial charge in [-0.05, 0) is 22.6 Å². The highest BCUT2D eigenvalue weighted by Gasteiger charge is 2.55. The third kappa shape index (κ3) is 6.10. The Kier molecular flexibility index (Phi) is 8.36. The number of benzene rings is 2. The summed E-state index contributed by atoms with van der Waals surface area (Å²) >= 11 is 3.98. The zero-order chi connectivity index (χ0) is 29.9. The molecule has 6 rings (SSSR count). The van der Waals surface area contributed by atoms with Crippen LogP contribution in [0.2, 0.25) is 0 Å². The SMILES string of the molecule is CC(=O)Nc1nnc(C2=C(C(=O)OC(c3ccccc3)c3ccccc3)N3C(=O)C(NC(=O)Cc4cccs4)[C@H]3SC2)s1. The number of ether oxygens (including phenoxy) is 1. The number of fused-ring (bicyclic) bond motifs is 1. The smallest absolute Gasteiger partial charge is 0.356 e. The fraction of sp³-hybridized carbons (Fsp3) is 0.200. The fourth-order valence-electron chi connectivity index (χ4n) is 4.86. The van der Waals surface area contributed by atoms with Crippen molar-refractivity contribution in [1.29, 1.82) is 0 Å². The molecule has 1 saturated heterocycles. The van der Waals surface area contributed by atoms with Crippen molar-refractivity contribution in [3.05, 3.63) is 105 Å². The second kappa shape index (κ2) is 12.5. The molecule has 13 heteroatoms. The standard InChI is InChI=1S/C30H25N5O5S3/c1-17(36)31-30-34-33-26(43-30)21-16-42-28-23(32-22(37)15-20-13-8-14-41-20)27(38)35(28)24(21)29(39)40-25(18-9-4-2-5-10-18)19-11-6-3-7-12-19/h2-14,23,25,28H,15-16H2,1H3,(H,32,37)(H,31,34,36)/t23?,28-/m1/s1. The maximum atomic E-state index is 14.1. The summed E-state index contributed by atoms with van der Waals surface area (Å²) < 4.78 is 6.17. The van der Waals surface area contributed by atoms with Gasteiger partial charge in [-0.15, -0.1) is 33.3 Å². The zero-order valence-corrected chi connectivity index (χ0v) is 25.2. The zero-order valence-electron chi connectivity index (χ0n) is 22.8. The van der Waals surface area contributed by atoms with Crippen LogP contribution in [0.4, 0.5) is 5.13 Å². The Labute approximate surface area is 259 Å². The first-order valence-corrected chi connectivity index (χ1v) is 16.1. The molecule has 2 atom stereocenters. The molecule has 2 aliphatic rings. The number of hydrogen-bond acceptors (Lipinski definition) is 10. The lowest BCUT2D eigenvalue weighted by molar-refractivity contribution is -0.154. The summed E-state index contributed by atoms with van der Waals surface area (Å²) in [7, 11) is 0. The van der Waals surface area contributed by atoms with Crippen molar-refractivity contribution in [2.45, 2.75) is 30.9 Å². The number of esters is 1. The monoisotopic (exact) mass is 631 g/mol. The van der Waals surface area contributed by atoms with Gasteiger partial charge in [-0.3, -0.25) is 19.3 Å². The maximum Gasteiger partial charge on any atom is 0.356 e. The molecule has 2 aromatic heterocycles. The first-order valence-electron chi connectivity index (χ1n) is 13.3. The molecule has 1 fully saturated rings. The maximum absolute atomic E-state index is 14.1. The topological polar surface area (TPSA) is 131 Å². The molecule has 0 radical (unpaired) electrons. The highest BCUT2D eigenvalue weighted by molar-refractivity contribution is 8.00. The van der Waals surface area contributed by atoms with Crippen LogP contribution in [0.15, 0.2) is 83.9 Å². The van der Waals surface area contributed by atoms with Crippen LogP contribution in [0.5, 0.6) is 0 Å². The van der Waals surface area contributed by atoms with E-state index in [1.54, 1.807) is 0 Å². The number of nitrogens with one attached hydrogen (secondary N) is 2. The minimum absolute atomic E-state index is 0.0555. The summed E-state index contributed by atoms with van der Waals surface area (Å²) in [6.07, 6.45) is -0.569. The van der Waals surface area contributed by atoms with Crippen LogP contribution in [0, 0.1) is 0 Å². The van der Waals surface area contributed by atoms with Gasteiger partial charge in [-0.2, -0.15) is 0 Å². The second-order valence-corrected chi connectivity index (χ2v) is 12.9. The van der Waals surface area contributed by atoms with Crippen LogP contribution in [-0.2, 0) is 30.3 Å². The van der Waals surface area contributed by atoms with Crippen LogP contribution in [0.25, 0.3) is 5.57 Å². The number of nitrogens with zero attached hydrogens (tertiary/aromatic N) is 3. The molecule has 0 aliphatic carbocycles. The lowest BCUT2D eigenvalue weighted by Gasteiger charge is -2.49. The molecule has 0 spiro atoms. The molecular weight excluding hydrogens is 607 g/mol. The molecule has 218 valence electrons. The molecule has 0 bridgehead atoms. The second-order valence-electron chi connectivity index (χ2n) is 9.74. The van der Waals surface area contributed by atoms with Gasteiger partial charge in [0.1, 0.15) is 22.1 Å². The summed E-state index contributed by atoms with van der Waals surface area (Å²) in [6.45, 7) is 1.36. The van der Waals surface area contributed by atoms with Crippen molar-refractivity contribution in [2.75, 3.05) is 11.1 Å². The fourth-order valence-corrected chi connectivity index (χ4v) is 7.84. The molecule has 0 saturated carbocycles. The van der Waals surface area contributed by atoms with Crippen molar-refractivity contribution < 1.29 is 23.9 Å². The van der Waals surface area contributed by atoms with Gasteiger partial charge in [-0.1, -0.05) is 78.1 Å². The first kappa shape index (κ1) is 28.8. The Morgan fingerprint density at radius 2 is 1.70 bits per heavy atom. The lowest BCUT2D eigenvalue weighted by Crippen LogP contribution is -2.70. The predicted octanol–water partition coefficient (Wildman–Crippen LogP) is 4.24. The predicted molar refractivity (Wildman–Crippen MR) is 165 cm³/mol. The normalized spacial score (nSPS) is 17.7. The number of carbonyl (C=O) groups excluding carboxylic acids is 4. The van der Waals surface area contributed by atoms with Crippen molar-refractivity contribution in [3.63, 3.8) is 0 Å². The van der Waals surface area contributed by atoms with Crippen LogP contribution < -0.4 is 10.6 Å². The van der Waals surface area contributed by atoms with E-state index < -0.39 is 29.4 Å². The molecule has 3 amide bonds. The number of aromatic nitrogens is 2. The van der Waals surface area contributed by atoms with E-state index in [4.69, 9.17) is 4.74 Å². The lowest BCUT2D eigenvalue weighted by atomic mass is 10.0. The van der Waals surface area contributed by atoms with Crippen LogP contribution in [0.3, 0.4) is 0 Å². The van der Waals surface area contributed by atoms with Crippen molar-refractivity contribution >= 4 is 68.8 Å². The Morgan fingerprint density at radius 3 is 2.33 bits per heavy atom. The van der Waals surface area contributed by atoms with Crippen molar-refractivity contribution in [1.82, 2.24) is 20.4 Å². The number of amides is 3. The molecule has 2 aromatic carbocycles. The molecule has 10 nitrogen and oxygen atoms in total. The number of carbonyl (C=O) groups is 4. The minimum Gasteiger partial charge on any atom is -0.448 e. The molecule has 2 N–H and O–H groups in total. The van der Waals surface area contributed by atoms with Gasteiger partial charge in [0.25, 0.3) is 5.91 Å². The highest BCUT2D eigenvalue weighted by Crippen LogP contribution is 2.45. The van der Waals surface area contributed by atoms with Gasteiger partial charge in [0.2, 0.25) is 16.9 Å². The van der Waals surface area contributed by atoms with E-state index in [9.17, 15) is 19.2 Å². The molecular formula is C30H25N5O5S3. The number of thiophene rings is 1. The summed E-state index contributed by atoms with van der Waals surface area (Å²) in [5.74, 6) is -1.37. The Morgan fingerprint density at radius 1 is 1.00 bits per heavy atom. The van der Waals surface area contributed by atoms with Crippen LogP contribution >= 0.6 is 34.4 Å². The van der Waals surface area contributed by atoms with E-state index in [1.807, 2.05) is 78.2 Å². The van der Waals surface area contributed by atoms with Gasteiger partial charge in [0.05, 0.1) is 6.42 Å². The van der Waals surface area contributed by atoms with Crippen LogP contribution in [0.1, 0.15) is 34.0 Å². The van der Waals surface area contributed by atoms with Gasteiger partial charge < -0.3 is 15.4 Å². The molecule has 4 heterocycles. The molecule has 4 aromatic rings. The average Bonchev–Trinajstić information content (AvgIpc) is 3.70. The first-order chi connectivity index (χ1) is 20.9. The number of β-lactam (4-membered cyclic amide) rings is 1. The van der Waals surface area contributed by atoms with E-state index in [2.05, 4.69) is 20.8 Å². The van der Waals surface area contributed by atoms with E-state index in [1.165, 1.54) is 34.9 Å². The van der Waals surface area contributed by atoms with E-state index >= 15 is 0 Å². The van der Waals surface area contributed by atoms with E-state index in [-0.39, 0.29) is 29.1 Å². The third-order valence-corrected chi connectivity index (χ3v) is 9.84. The van der Waals surface area contributed by atoms with Gasteiger partial charge >= 0.3 is 5.97 Å². The van der Waals surface area contributed by atoms with E-state index in [0.29, 0.717) is 16.3 Å². The van der Waals surface area contributed by atoms with Crippen molar-refractivity contribution in [2.24, 2.45) is 0 Å². The van der Waals surface area contributed by atoms with Crippen molar-refractivity contribution in [3.8, 4) is 0 Å². The molecule has 1 unspecified atom stereocenters. The molecule has 43 heavy (non-hydrogen) atoms.